The van der Waals surface area contributed by atoms with Crippen molar-refractivity contribution in [2.45, 2.75) is 6.54 Å². The molecule has 1 aliphatic heterocycles. The maximum Gasteiger partial charge on any atom is 0.323 e. The first-order chi connectivity index (χ1) is 11.6. The number of carboxylic acid groups (broad SMARTS) is 1. The molecule has 0 aliphatic carbocycles. The van der Waals surface area contributed by atoms with Crippen LogP contribution in [0.4, 0.5) is 5.69 Å². The van der Waals surface area contributed by atoms with E-state index in [2.05, 4.69) is 5.32 Å². The number of rotatable bonds is 3. The second kappa shape index (κ2) is 5.38. The summed E-state index contributed by atoms with van der Waals surface area (Å²) in [5.41, 5.74) is 3.90. The van der Waals surface area contributed by atoms with Gasteiger partial charge in [0.2, 0.25) is 0 Å². The Labute approximate surface area is 137 Å². The van der Waals surface area contributed by atoms with E-state index in [4.69, 9.17) is 5.11 Å². The third-order valence-corrected chi connectivity index (χ3v) is 4.13. The Hall–Kier alpha value is -3.34. The highest BCUT2D eigenvalue weighted by Gasteiger charge is 2.24. The molecule has 2 aromatic carbocycles. The normalized spacial score (nSPS) is 14.8. The Bertz CT molecular complexity index is 1010. The zero-order valence-electron chi connectivity index (χ0n) is 12.7. The lowest BCUT2D eigenvalue weighted by atomic mass is 10.0. The average Bonchev–Trinajstić information content (AvgIpc) is 3.06. The van der Waals surface area contributed by atoms with Gasteiger partial charge in [-0.25, -0.2) is 0 Å². The first-order valence-electron chi connectivity index (χ1n) is 7.55. The van der Waals surface area contributed by atoms with Crippen LogP contribution >= 0.6 is 0 Å². The summed E-state index contributed by atoms with van der Waals surface area (Å²) < 4.78 is 1.68. The first-order valence-corrected chi connectivity index (χ1v) is 7.55. The Morgan fingerprint density at radius 2 is 1.88 bits per heavy atom. The summed E-state index contributed by atoms with van der Waals surface area (Å²) in [6, 6.07) is 15.1. The number of benzene rings is 2. The van der Waals surface area contributed by atoms with Crippen molar-refractivity contribution in [3.8, 4) is 0 Å². The van der Waals surface area contributed by atoms with Crippen molar-refractivity contribution in [2.75, 3.05) is 5.32 Å². The molecule has 1 aliphatic rings. The van der Waals surface area contributed by atoms with Gasteiger partial charge in [0, 0.05) is 39.5 Å². The molecule has 0 fully saturated rings. The average molecular weight is 318 g/mol. The fourth-order valence-corrected chi connectivity index (χ4v) is 3.10. The molecule has 4 rings (SSSR count). The van der Waals surface area contributed by atoms with E-state index in [9.17, 15) is 9.59 Å². The molecule has 0 atom stereocenters. The topological polar surface area (TPSA) is 71.3 Å². The number of carbonyl (C=O) groups is 2. The third-order valence-electron chi connectivity index (χ3n) is 4.13. The smallest absolute Gasteiger partial charge is 0.323 e. The minimum atomic E-state index is -0.904. The molecule has 24 heavy (non-hydrogen) atoms. The van der Waals surface area contributed by atoms with E-state index in [0.29, 0.717) is 5.57 Å². The Kier molecular flexibility index (Phi) is 3.20. The molecule has 1 amide bonds. The molecule has 0 saturated heterocycles. The summed E-state index contributed by atoms with van der Waals surface area (Å²) in [7, 11) is 0. The van der Waals surface area contributed by atoms with Crippen LogP contribution in [0.2, 0.25) is 0 Å². The molecule has 0 saturated carbocycles. The zero-order chi connectivity index (χ0) is 16.7. The number of nitrogens with one attached hydrogen (secondary N) is 1. The predicted molar refractivity (Wildman–Crippen MR) is 92.5 cm³/mol. The standard InChI is InChI=1S/C19H14N2O3/c22-18(23)11-21-10-12(13-5-2-4-8-17(13)21)9-15-14-6-1-3-7-16(14)20-19(15)24/h1-10H,11H2,(H,20,24)(H,22,23)/b15-9-. The van der Waals surface area contributed by atoms with Crippen LogP contribution < -0.4 is 5.32 Å². The van der Waals surface area contributed by atoms with Gasteiger partial charge < -0.3 is 15.0 Å². The van der Waals surface area contributed by atoms with Crippen LogP contribution in [0, 0.1) is 0 Å². The van der Waals surface area contributed by atoms with Gasteiger partial charge in [0.15, 0.2) is 0 Å². The van der Waals surface area contributed by atoms with Crippen molar-refractivity contribution in [1.82, 2.24) is 4.57 Å². The van der Waals surface area contributed by atoms with Gasteiger partial charge in [0.05, 0.1) is 0 Å². The van der Waals surface area contributed by atoms with Crippen molar-refractivity contribution in [3.05, 3.63) is 65.9 Å². The van der Waals surface area contributed by atoms with Gasteiger partial charge in [-0.1, -0.05) is 36.4 Å². The van der Waals surface area contributed by atoms with Crippen LogP contribution in [0.3, 0.4) is 0 Å². The highest BCUT2D eigenvalue weighted by Crippen LogP contribution is 2.34. The van der Waals surface area contributed by atoms with Gasteiger partial charge in [-0.3, -0.25) is 9.59 Å². The molecular formula is C19H14N2O3. The zero-order valence-corrected chi connectivity index (χ0v) is 12.7. The second-order valence-electron chi connectivity index (χ2n) is 5.68. The van der Waals surface area contributed by atoms with Crippen molar-refractivity contribution in [3.63, 3.8) is 0 Å². The molecule has 0 bridgehead atoms. The Morgan fingerprint density at radius 1 is 1.12 bits per heavy atom. The summed E-state index contributed by atoms with van der Waals surface area (Å²) in [4.78, 5) is 23.4. The largest absolute Gasteiger partial charge is 0.480 e. The number of aliphatic carboxylic acids is 1. The van der Waals surface area contributed by atoms with Crippen molar-refractivity contribution in [1.29, 1.82) is 0 Å². The molecule has 3 aromatic rings. The minimum Gasteiger partial charge on any atom is -0.480 e. The van der Waals surface area contributed by atoms with Crippen LogP contribution in [-0.4, -0.2) is 21.6 Å². The predicted octanol–water partition coefficient (Wildman–Crippen LogP) is 3.22. The van der Waals surface area contributed by atoms with Gasteiger partial charge in [-0.15, -0.1) is 0 Å². The van der Waals surface area contributed by atoms with E-state index in [1.54, 1.807) is 10.8 Å². The van der Waals surface area contributed by atoms with E-state index < -0.39 is 5.97 Å². The fraction of sp³-hybridized carbons (Fsp3) is 0.0526. The summed E-state index contributed by atoms with van der Waals surface area (Å²) >= 11 is 0. The van der Waals surface area contributed by atoms with E-state index in [0.717, 1.165) is 27.7 Å². The summed E-state index contributed by atoms with van der Waals surface area (Å²) in [5.74, 6) is -1.05. The van der Waals surface area contributed by atoms with Gasteiger partial charge >= 0.3 is 5.97 Å². The molecular weight excluding hydrogens is 304 g/mol. The second-order valence-corrected chi connectivity index (χ2v) is 5.68. The summed E-state index contributed by atoms with van der Waals surface area (Å²) in [5, 5.41) is 12.9. The van der Waals surface area contributed by atoms with E-state index >= 15 is 0 Å². The lowest BCUT2D eigenvalue weighted by molar-refractivity contribution is -0.137. The highest BCUT2D eigenvalue weighted by atomic mass is 16.4. The lowest BCUT2D eigenvalue weighted by Gasteiger charge is -1.99. The number of carbonyl (C=O) groups excluding carboxylic acids is 1. The molecule has 2 N–H and O–H groups in total. The van der Waals surface area contributed by atoms with Crippen LogP contribution in [0.15, 0.2) is 54.7 Å². The number of para-hydroxylation sites is 2. The highest BCUT2D eigenvalue weighted by molar-refractivity contribution is 6.35. The van der Waals surface area contributed by atoms with E-state index in [-0.39, 0.29) is 12.5 Å². The van der Waals surface area contributed by atoms with E-state index in [1.807, 2.05) is 54.6 Å². The van der Waals surface area contributed by atoms with E-state index in [1.165, 1.54) is 0 Å². The molecule has 118 valence electrons. The fourth-order valence-electron chi connectivity index (χ4n) is 3.10. The summed E-state index contributed by atoms with van der Waals surface area (Å²) in [6.07, 6.45) is 3.60. The third kappa shape index (κ3) is 2.27. The number of aromatic nitrogens is 1. The van der Waals surface area contributed by atoms with Gasteiger partial charge in [0.1, 0.15) is 6.54 Å². The number of hydrogen-bond donors (Lipinski definition) is 2. The van der Waals surface area contributed by atoms with Crippen LogP contribution in [-0.2, 0) is 16.1 Å². The molecule has 0 spiro atoms. The molecule has 5 nitrogen and oxygen atoms in total. The SMILES string of the molecule is O=C(O)Cn1cc(/C=C2\C(=O)Nc3ccccc32)c2ccccc21. The molecule has 5 heteroatoms. The van der Waals surface area contributed by atoms with Crippen LogP contribution in [0.1, 0.15) is 11.1 Å². The van der Waals surface area contributed by atoms with Gasteiger partial charge in [-0.05, 0) is 18.2 Å². The number of anilines is 1. The van der Waals surface area contributed by atoms with Crippen molar-refractivity contribution in [2.24, 2.45) is 0 Å². The van der Waals surface area contributed by atoms with Crippen molar-refractivity contribution < 1.29 is 14.7 Å². The Balaban J connectivity index is 1.89. The quantitative estimate of drug-likeness (QED) is 0.728. The number of amides is 1. The number of carboxylic acids is 1. The maximum atomic E-state index is 12.3. The van der Waals surface area contributed by atoms with Gasteiger partial charge in [0.25, 0.3) is 5.91 Å². The Morgan fingerprint density at radius 3 is 2.71 bits per heavy atom. The molecule has 1 aromatic heterocycles. The molecule has 0 unspecified atom stereocenters. The maximum absolute atomic E-state index is 12.3. The number of hydrogen-bond acceptors (Lipinski definition) is 2. The molecule has 2 heterocycles. The number of fused-ring (bicyclic) bond motifs is 2. The van der Waals surface area contributed by atoms with Crippen LogP contribution in [0.25, 0.3) is 22.6 Å². The lowest BCUT2D eigenvalue weighted by Crippen LogP contribution is -2.07. The first kappa shape index (κ1) is 14.3. The number of nitrogens with zero attached hydrogens (tertiary/aromatic N) is 1. The van der Waals surface area contributed by atoms with Crippen molar-refractivity contribution >= 4 is 40.1 Å². The van der Waals surface area contributed by atoms with Gasteiger partial charge in [-0.2, -0.15) is 0 Å². The minimum absolute atomic E-state index is 0.119. The molecule has 0 radical (unpaired) electrons. The monoisotopic (exact) mass is 318 g/mol. The van der Waals surface area contributed by atoms with Crippen LogP contribution in [0.5, 0.6) is 0 Å². The summed E-state index contributed by atoms with van der Waals surface area (Å²) in [6.45, 7) is -0.119.